The van der Waals surface area contributed by atoms with Gasteiger partial charge < -0.3 is 24.4 Å². The van der Waals surface area contributed by atoms with Crippen LogP contribution in [0.25, 0.3) is 0 Å². The summed E-state index contributed by atoms with van der Waals surface area (Å²) in [6.45, 7) is 4.58. The summed E-state index contributed by atoms with van der Waals surface area (Å²) in [4.78, 5) is 19.7. The highest BCUT2D eigenvalue weighted by Gasteiger charge is 2.30. The van der Waals surface area contributed by atoms with Crippen molar-refractivity contribution in [2.24, 2.45) is 5.92 Å². The van der Waals surface area contributed by atoms with E-state index in [-0.39, 0.29) is 24.5 Å². The quantitative estimate of drug-likeness (QED) is 0.572. The van der Waals surface area contributed by atoms with E-state index in [1.54, 1.807) is 13.3 Å². The van der Waals surface area contributed by atoms with Gasteiger partial charge in [0.2, 0.25) is 5.88 Å². The highest BCUT2D eigenvalue weighted by molar-refractivity contribution is 6.33. The van der Waals surface area contributed by atoms with Gasteiger partial charge in [-0.15, -0.1) is 0 Å². The van der Waals surface area contributed by atoms with Crippen molar-refractivity contribution >= 4 is 40.5 Å². The second kappa shape index (κ2) is 10.3. The first-order valence-corrected chi connectivity index (χ1v) is 12.0. The van der Waals surface area contributed by atoms with Gasteiger partial charge in [-0.25, -0.2) is 4.98 Å². The number of piperidine rings is 1. The largest absolute Gasteiger partial charge is 0.488 e. The van der Waals surface area contributed by atoms with Gasteiger partial charge in [0.1, 0.15) is 11.9 Å². The number of nitrogens with zero attached hydrogens (tertiary/aromatic N) is 3. The van der Waals surface area contributed by atoms with E-state index in [0.29, 0.717) is 21.7 Å². The van der Waals surface area contributed by atoms with Crippen LogP contribution in [0.1, 0.15) is 32.6 Å². The van der Waals surface area contributed by atoms with Crippen LogP contribution in [0.3, 0.4) is 0 Å². The number of carboxylic acids is 1. The Kier molecular flexibility index (Phi) is 7.39. The third-order valence-corrected chi connectivity index (χ3v) is 7.09. The van der Waals surface area contributed by atoms with Gasteiger partial charge in [-0.1, -0.05) is 30.1 Å². The number of carboxylic acid groups (broad SMARTS) is 1. The Labute approximate surface area is 204 Å². The summed E-state index contributed by atoms with van der Waals surface area (Å²) in [5, 5.41) is 10.3. The minimum Gasteiger partial charge on any atom is -0.488 e. The van der Waals surface area contributed by atoms with Crippen LogP contribution in [0, 0.1) is 5.92 Å². The van der Waals surface area contributed by atoms with Crippen molar-refractivity contribution < 1.29 is 19.4 Å². The first-order valence-electron chi connectivity index (χ1n) is 11.2. The van der Waals surface area contributed by atoms with E-state index in [2.05, 4.69) is 21.7 Å². The predicted octanol–water partition coefficient (Wildman–Crippen LogP) is 5.13. The van der Waals surface area contributed by atoms with E-state index < -0.39 is 5.97 Å². The van der Waals surface area contributed by atoms with E-state index in [0.717, 1.165) is 50.3 Å². The van der Waals surface area contributed by atoms with Gasteiger partial charge in [0.05, 0.1) is 35.5 Å². The zero-order valence-corrected chi connectivity index (χ0v) is 20.3. The van der Waals surface area contributed by atoms with Crippen LogP contribution in [0.4, 0.5) is 11.4 Å². The monoisotopic (exact) mass is 493 g/mol. The molecule has 1 aromatic carbocycles. The molecule has 33 heavy (non-hydrogen) atoms. The van der Waals surface area contributed by atoms with Crippen LogP contribution in [0.5, 0.6) is 11.6 Å². The number of carbonyl (C=O) groups is 1. The molecule has 1 aromatic heterocycles. The van der Waals surface area contributed by atoms with Crippen LogP contribution in [0.15, 0.2) is 30.5 Å². The molecule has 3 unspecified atom stereocenters. The molecule has 3 atom stereocenters. The number of rotatable bonds is 7. The van der Waals surface area contributed by atoms with Crippen molar-refractivity contribution in [1.82, 2.24) is 4.98 Å². The lowest BCUT2D eigenvalue weighted by atomic mass is 9.96. The maximum Gasteiger partial charge on any atom is 0.305 e. The Morgan fingerprint density at radius 3 is 2.73 bits per heavy atom. The molecule has 0 radical (unpaired) electrons. The van der Waals surface area contributed by atoms with Crippen LogP contribution in [-0.4, -0.2) is 54.9 Å². The zero-order valence-electron chi connectivity index (χ0n) is 18.8. The summed E-state index contributed by atoms with van der Waals surface area (Å²) in [6.07, 6.45) is 4.47. The van der Waals surface area contributed by atoms with Gasteiger partial charge in [-0.05, 0) is 31.0 Å². The second-order valence-electron chi connectivity index (χ2n) is 8.75. The molecule has 1 N–H and O–H groups in total. The fourth-order valence-electron chi connectivity index (χ4n) is 4.80. The third kappa shape index (κ3) is 5.41. The molecule has 0 saturated carbocycles. The predicted molar refractivity (Wildman–Crippen MR) is 130 cm³/mol. The molecule has 0 amide bonds. The van der Waals surface area contributed by atoms with E-state index in [9.17, 15) is 9.90 Å². The van der Waals surface area contributed by atoms with Crippen LogP contribution in [-0.2, 0) is 4.79 Å². The van der Waals surface area contributed by atoms with E-state index >= 15 is 0 Å². The normalized spacial score (nSPS) is 23.0. The fraction of sp³-hybridized carbons (Fsp3) is 0.500. The molecule has 0 bridgehead atoms. The summed E-state index contributed by atoms with van der Waals surface area (Å²) in [6, 6.07) is 7.64. The highest BCUT2D eigenvalue weighted by Crippen LogP contribution is 2.37. The molecule has 2 aliphatic heterocycles. The number of ether oxygens (including phenoxy) is 2. The van der Waals surface area contributed by atoms with Gasteiger partial charge in [0.15, 0.2) is 0 Å². The summed E-state index contributed by atoms with van der Waals surface area (Å²) < 4.78 is 11.6. The average Bonchev–Trinajstić information content (AvgIpc) is 3.24. The minimum absolute atomic E-state index is 0.00770. The average molecular weight is 494 g/mol. The standard InChI is InChI=1S/C24H29Cl2N3O4/c1-15-14-28(20-12-23(32-2)27-13-19(20)26)9-7-21(15)33-22-6-5-17(10-18(22)25)29-8-3-4-16(29)11-24(30)31/h5-6,10,12-13,15-16,21H,3-4,7-9,11,14H2,1-2H3,(H,30,31). The molecule has 7 nitrogen and oxygen atoms in total. The first kappa shape index (κ1) is 23.8. The van der Waals surface area contributed by atoms with Crippen LogP contribution in [0.2, 0.25) is 10.0 Å². The van der Waals surface area contributed by atoms with Crippen LogP contribution < -0.4 is 19.3 Å². The SMILES string of the molecule is COc1cc(N2CCC(Oc3ccc(N4CCCC4CC(=O)O)cc3Cl)C(C)C2)c(Cl)cn1. The molecule has 2 aliphatic rings. The van der Waals surface area contributed by atoms with Gasteiger partial charge in [0.25, 0.3) is 0 Å². The molecule has 178 valence electrons. The number of anilines is 2. The summed E-state index contributed by atoms with van der Waals surface area (Å²) in [5.74, 6) is 0.673. The number of aromatic nitrogens is 1. The Morgan fingerprint density at radius 1 is 1.21 bits per heavy atom. The lowest BCUT2D eigenvalue weighted by Gasteiger charge is -2.38. The number of hydrogen-bond acceptors (Lipinski definition) is 6. The summed E-state index contributed by atoms with van der Waals surface area (Å²) in [5.41, 5.74) is 1.86. The number of benzene rings is 1. The van der Waals surface area contributed by atoms with Gasteiger partial charge in [0, 0.05) is 49.8 Å². The lowest BCUT2D eigenvalue weighted by molar-refractivity contribution is -0.137. The molecule has 2 aromatic rings. The highest BCUT2D eigenvalue weighted by atomic mass is 35.5. The molecule has 0 spiro atoms. The maximum absolute atomic E-state index is 11.2. The molecule has 9 heteroatoms. The van der Waals surface area contributed by atoms with Gasteiger partial charge in [-0.3, -0.25) is 4.79 Å². The number of halogens is 2. The molecule has 4 rings (SSSR count). The summed E-state index contributed by atoms with van der Waals surface area (Å²) in [7, 11) is 1.59. The molecular weight excluding hydrogens is 465 g/mol. The Morgan fingerprint density at radius 2 is 2.03 bits per heavy atom. The Hall–Kier alpha value is -2.38. The van der Waals surface area contributed by atoms with Gasteiger partial charge >= 0.3 is 5.97 Å². The maximum atomic E-state index is 11.2. The van der Waals surface area contributed by atoms with Crippen molar-refractivity contribution in [2.75, 3.05) is 36.5 Å². The Balaban J connectivity index is 1.41. The summed E-state index contributed by atoms with van der Waals surface area (Å²) >= 11 is 13.0. The number of hydrogen-bond donors (Lipinski definition) is 1. The van der Waals surface area contributed by atoms with Gasteiger partial charge in [-0.2, -0.15) is 0 Å². The Bertz CT molecular complexity index is 1010. The van der Waals surface area contributed by atoms with Crippen molar-refractivity contribution in [3.63, 3.8) is 0 Å². The zero-order chi connectivity index (χ0) is 23.5. The van der Waals surface area contributed by atoms with E-state index in [1.165, 1.54) is 0 Å². The molecule has 3 heterocycles. The molecule has 2 saturated heterocycles. The van der Waals surface area contributed by atoms with Crippen molar-refractivity contribution in [1.29, 1.82) is 0 Å². The van der Waals surface area contributed by atoms with Crippen molar-refractivity contribution in [3.05, 3.63) is 40.5 Å². The smallest absolute Gasteiger partial charge is 0.305 e. The molecule has 0 aliphatic carbocycles. The second-order valence-corrected chi connectivity index (χ2v) is 9.56. The topological polar surface area (TPSA) is 75.1 Å². The fourth-order valence-corrected chi connectivity index (χ4v) is 5.24. The minimum atomic E-state index is -0.773. The first-order chi connectivity index (χ1) is 15.9. The van der Waals surface area contributed by atoms with E-state index in [1.807, 2.05) is 24.3 Å². The lowest BCUT2D eigenvalue weighted by Crippen LogP contribution is -2.44. The van der Waals surface area contributed by atoms with Crippen molar-refractivity contribution in [2.45, 2.75) is 44.8 Å². The van der Waals surface area contributed by atoms with E-state index in [4.69, 9.17) is 32.7 Å². The van der Waals surface area contributed by atoms with Crippen LogP contribution >= 0.6 is 23.2 Å². The van der Waals surface area contributed by atoms with Crippen molar-refractivity contribution in [3.8, 4) is 11.6 Å². The number of aliphatic carboxylic acids is 1. The number of pyridine rings is 1. The molecular formula is C24H29Cl2N3O4. The molecule has 2 fully saturated rings. The third-order valence-electron chi connectivity index (χ3n) is 6.50. The number of methoxy groups -OCH3 is 1.